The Bertz CT molecular complexity index is 1100. The largest absolute Gasteiger partial charge is 0.399 e. The molecular weight excluding hydrogens is 364 g/mol. The molecule has 0 bridgehead atoms. The molecule has 3 rings (SSSR count). The van der Waals surface area contributed by atoms with Gasteiger partial charge in [0.15, 0.2) is 0 Å². The minimum Gasteiger partial charge on any atom is -0.399 e. The van der Waals surface area contributed by atoms with Crippen LogP contribution in [0.5, 0.6) is 0 Å². The Morgan fingerprint density at radius 3 is 2.04 bits per heavy atom. The van der Waals surface area contributed by atoms with E-state index in [0.717, 1.165) is 0 Å². The first-order chi connectivity index (χ1) is 12.8. The summed E-state index contributed by atoms with van der Waals surface area (Å²) in [6, 6.07) is 18.8. The first kappa shape index (κ1) is 18.3. The second kappa shape index (κ2) is 7.38. The fourth-order valence-electron chi connectivity index (χ4n) is 2.44. The van der Waals surface area contributed by atoms with Gasteiger partial charge in [0.1, 0.15) is 0 Å². The fourth-order valence-corrected chi connectivity index (χ4v) is 3.54. The molecule has 0 saturated carbocycles. The molecule has 0 spiro atoms. The van der Waals surface area contributed by atoms with Gasteiger partial charge in [-0.05, 0) is 54.6 Å². The van der Waals surface area contributed by atoms with Crippen LogP contribution in [0.4, 0.5) is 22.7 Å². The third-order valence-electron chi connectivity index (χ3n) is 3.69. The SMILES string of the molecule is Nc1cccc(NC(=O)c2cccc(S(=O)(=O)Nc3cccc(N)c3)c2)c1. The van der Waals surface area contributed by atoms with Crippen molar-refractivity contribution in [3.8, 4) is 0 Å². The quantitative estimate of drug-likeness (QED) is 0.505. The maximum absolute atomic E-state index is 12.6. The van der Waals surface area contributed by atoms with Crippen LogP contribution in [0.1, 0.15) is 10.4 Å². The van der Waals surface area contributed by atoms with E-state index in [9.17, 15) is 13.2 Å². The van der Waals surface area contributed by atoms with Gasteiger partial charge in [-0.1, -0.05) is 18.2 Å². The van der Waals surface area contributed by atoms with Crippen LogP contribution in [0, 0.1) is 0 Å². The highest BCUT2D eigenvalue weighted by Crippen LogP contribution is 2.20. The zero-order chi connectivity index (χ0) is 19.4. The van der Waals surface area contributed by atoms with Crippen molar-refractivity contribution in [1.29, 1.82) is 0 Å². The van der Waals surface area contributed by atoms with Crippen LogP contribution in [-0.4, -0.2) is 14.3 Å². The summed E-state index contributed by atoms with van der Waals surface area (Å²) in [5, 5.41) is 2.68. The van der Waals surface area contributed by atoms with Crippen LogP contribution in [0.3, 0.4) is 0 Å². The number of sulfonamides is 1. The van der Waals surface area contributed by atoms with Gasteiger partial charge in [0.2, 0.25) is 0 Å². The lowest BCUT2D eigenvalue weighted by Crippen LogP contribution is -2.16. The zero-order valence-electron chi connectivity index (χ0n) is 14.2. The smallest absolute Gasteiger partial charge is 0.261 e. The number of carbonyl (C=O) groups is 1. The van der Waals surface area contributed by atoms with Gasteiger partial charge in [0.05, 0.1) is 10.6 Å². The highest BCUT2D eigenvalue weighted by molar-refractivity contribution is 7.92. The maximum Gasteiger partial charge on any atom is 0.261 e. The van der Waals surface area contributed by atoms with E-state index in [1.807, 2.05) is 0 Å². The maximum atomic E-state index is 12.6. The Labute approximate surface area is 157 Å². The molecule has 0 aliphatic carbocycles. The number of nitrogens with two attached hydrogens (primary N) is 2. The summed E-state index contributed by atoms with van der Waals surface area (Å²) >= 11 is 0. The molecule has 8 heteroatoms. The topological polar surface area (TPSA) is 127 Å². The Hall–Kier alpha value is -3.52. The fraction of sp³-hybridized carbons (Fsp3) is 0. The predicted molar refractivity (Wildman–Crippen MR) is 107 cm³/mol. The molecule has 3 aromatic carbocycles. The van der Waals surface area contributed by atoms with Gasteiger partial charge in [-0.25, -0.2) is 8.42 Å². The van der Waals surface area contributed by atoms with E-state index in [4.69, 9.17) is 11.5 Å². The van der Waals surface area contributed by atoms with Crippen molar-refractivity contribution in [3.63, 3.8) is 0 Å². The third-order valence-corrected chi connectivity index (χ3v) is 5.07. The van der Waals surface area contributed by atoms with E-state index in [0.29, 0.717) is 22.7 Å². The number of carbonyl (C=O) groups excluding carboxylic acids is 1. The van der Waals surface area contributed by atoms with Crippen LogP contribution < -0.4 is 21.5 Å². The van der Waals surface area contributed by atoms with Crippen LogP contribution in [0.15, 0.2) is 77.7 Å². The van der Waals surface area contributed by atoms with Gasteiger partial charge in [0.25, 0.3) is 15.9 Å². The highest BCUT2D eigenvalue weighted by atomic mass is 32.2. The Balaban J connectivity index is 1.82. The standard InChI is InChI=1S/C19H18N4O3S/c20-14-5-2-7-16(11-14)22-19(24)13-4-1-9-18(10-13)27(25,26)23-17-8-3-6-15(21)12-17/h1-12,23H,20-21H2,(H,22,24). The van der Waals surface area contributed by atoms with E-state index >= 15 is 0 Å². The van der Waals surface area contributed by atoms with E-state index in [1.54, 1.807) is 42.5 Å². The van der Waals surface area contributed by atoms with Crippen LogP contribution in [-0.2, 0) is 10.0 Å². The first-order valence-corrected chi connectivity index (χ1v) is 9.47. The summed E-state index contributed by atoms with van der Waals surface area (Å²) in [5.74, 6) is -0.443. The molecule has 3 aromatic rings. The minimum absolute atomic E-state index is 0.0369. The summed E-state index contributed by atoms with van der Waals surface area (Å²) in [6.07, 6.45) is 0. The first-order valence-electron chi connectivity index (χ1n) is 7.99. The molecule has 0 fully saturated rings. The lowest BCUT2D eigenvalue weighted by molar-refractivity contribution is 0.102. The average molecular weight is 382 g/mol. The molecule has 0 heterocycles. The van der Waals surface area contributed by atoms with Crippen molar-refractivity contribution < 1.29 is 13.2 Å². The van der Waals surface area contributed by atoms with E-state index in [2.05, 4.69) is 10.0 Å². The number of anilines is 4. The molecule has 138 valence electrons. The summed E-state index contributed by atoms with van der Waals surface area (Å²) in [4.78, 5) is 12.4. The Kier molecular flexibility index (Phi) is 5.00. The monoisotopic (exact) mass is 382 g/mol. The number of nitrogens with one attached hydrogen (secondary N) is 2. The average Bonchev–Trinajstić information content (AvgIpc) is 2.61. The van der Waals surface area contributed by atoms with E-state index in [-0.39, 0.29) is 10.5 Å². The van der Waals surface area contributed by atoms with Gasteiger partial charge < -0.3 is 16.8 Å². The second-order valence-electron chi connectivity index (χ2n) is 5.84. The highest BCUT2D eigenvalue weighted by Gasteiger charge is 2.17. The van der Waals surface area contributed by atoms with Crippen molar-refractivity contribution in [3.05, 3.63) is 78.4 Å². The number of hydrogen-bond donors (Lipinski definition) is 4. The van der Waals surface area contributed by atoms with Gasteiger partial charge >= 0.3 is 0 Å². The van der Waals surface area contributed by atoms with Crippen molar-refractivity contribution in [2.75, 3.05) is 21.5 Å². The van der Waals surface area contributed by atoms with Crippen LogP contribution in [0.2, 0.25) is 0 Å². The molecule has 7 nitrogen and oxygen atoms in total. The molecule has 0 unspecified atom stereocenters. The van der Waals surface area contributed by atoms with Crippen LogP contribution >= 0.6 is 0 Å². The molecule has 0 aliphatic rings. The van der Waals surface area contributed by atoms with Gasteiger partial charge in [-0.15, -0.1) is 0 Å². The molecule has 0 radical (unpaired) electrons. The Morgan fingerprint density at radius 2 is 1.37 bits per heavy atom. The second-order valence-corrected chi connectivity index (χ2v) is 7.52. The molecule has 1 amide bonds. The molecule has 6 N–H and O–H groups in total. The van der Waals surface area contributed by atoms with Crippen molar-refractivity contribution in [2.24, 2.45) is 0 Å². The van der Waals surface area contributed by atoms with Gasteiger partial charge in [-0.2, -0.15) is 0 Å². The van der Waals surface area contributed by atoms with Gasteiger partial charge in [-0.3, -0.25) is 9.52 Å². The van der Waals surface area contributed by atoms with E-state index in [1.165, 1.54) is 30.3 Å². The number of hydrogen-bond acceptors (Lipinski definition) is 5. The lowest BCUT2D eigenvalue weighted by atomic mass is 10.2. The van der Waals surface area contributed by atoms with Crippen LogP contribution in [0.25, 0.3) is 0 Å². The van der Waals surface area contributed by atoms with Gasteiger partial charge in [0, 0.05) is 22.6 Å². The Morgan fingerprint density at radius 1 is 0.778 bits per heavy atom. The molecule has 0 aromatic heterocycles. The molecule has 0 aliphatic heterocycles. The molecule has 27 heavy (non-hydrogen) atoms. The molecule has 0 saturated heterocycles. The van der Waals surface area contributed by atoms with Crippen molar-refractivity contribution in [1.82, 2.24) is 0 Å². The number of amides is 1. The van der Waals surface area contributed by atoms with Crippen molar-refractivity contribution in [2.45, 2.75) is 4.90 Å². The zero-order valence-corrected chi connectivity index (χ0v) is 15.0. The minimum atomic E-state index is -3.87. The third kappa shape index (κ3) is 4.56. The molecular formula is C19H18N4O3S. The summed E-state index contributed by atoms with van der Waals surface area (Å²) in [7, 11) is -3.87. The lowest BCUT2D eigenvalue weighted by Gasteiger charge is -2.10. The van der Waals surface area contributed by atoms with Crippen molar-refractivity contribution >= 4 is 38.7 Å². The summed E-state index contributed by atoms with van der Waals surface area (Å²) < 4.78 is 27.6. The normalized spacial score (nSPS) is 11.0. The molecule has 0 atom stereocenters. The number of nitrogen functional groups attached to an aromatic ring is 2. The summed E-state index contributed by atoms with van der Waals surface area (Å²) in [6.45, 7) is 0. The van der Waals surface area contributed by atoms with E-state index < -0.39 is 15.9 Å². The number of benzene rings is 3. The number of rotatable bonds is 5. The summed E-state index contributed by atoms with van der Waals surface area (Å²) in [5.41, 5.74) is 13.4. The predicted octanol–water partition coefficient (Wildman–Crippen LogP) is 2.90.